The first-order valence-corrected chi connectivity index (χ1v) is 10.2. The third kappa shape index (κ3) is 5.18. The number of hydrogen-bond donors (Lipinski definition) is 1. The van der Waals surface area contributed by atoms with Crippen molar-refractivity contribution >= 4 is 10.2 Å². The molecule has 0 unspecified atom stereocenters. The molecule has 0 bridgehead atoms. The van der Waals surface area contributed by atoms with Crippen molar-refractivity contribution in [3.63, 3.8) is 0 Å². The highest BCUT2D eigenvalue weighted by Crippen LogP contribution is 2.26. The maximum atomic E-state index is 12.4. The van der Waals surface area contributed by atoms with Crippen LogP contribution in [0.25, 0.3) is 0 Å². The van der Waals surface area contributed by atoms with Crippen molar-refractivity contribution in [2.45, 2.75) is 59.0 Å². The third-order valence-electron chi connectivity index (χ3n) is 4.93. The monoisotopic (exact) mass is 332 g/mol. The maximum absolute atomic E-state index is 12.4. The molecule has 2 fully saturated rings. The molecule has 22 heavy (non-hydrogen) atoms. The van der Waals surface area contributed by atoms with Gasteiger partial charge in [0.2, 0.25) is 0 Å². The molecular weight excluding hydrogens is 300 g/mol. The van der Waals surface area contributed by atoms with Crippen molar-refractivity contribution in [3.8, 4) is 0 Å². The van der Waals surface area contributed by atoms with Crippen LogP contribution in [0.15, 0.2) is 0 Å². The Hall–Kier alpha value is -0.170. The lowest BCUT2D eigenvalue weighted by atomic mass is 9.88. The van der Waals surface area contributed by atoms with E-state index in [1.807, 2.05) is 0 Å². The molecule has 0 amide bonds. The van der Waals surface area contributed by atoms with Crippen LogP contribution in [-0.4, -0.2) is 45.1 Å². The molecule has 1 heterocycles. The topological polar surface area (TPSA) is 58.6 Å². The Labute approximate surface area is 136 Å². The summed E-state index contributed by atoms with van der Waals surface area (Å²) in [6, 6.07) is 0. The average molecular weight is 333 g/mol. The summed E-state index contributed by atoms with van der Waals surface area (Å²) < 4.78 is 34.9. The van der Waals surface area contributed by atoms with E-state index in [4.69, 9.17) is 4.74 Å². The van der Waals surface area contributed by atoms with Gasteiger partial charge in [0.1, 0.15) is 0 Å². The van der Waals surface area contributed by atoms with Gasteiger partial charge in [-0.05, 0) is 37.0 Å². The average Bonchev–Trinajstić information content (AvgIpc) is 2.44. The summed E-state index contributed by atoms with van der Waals surface area (Å²) in [5, 5.41) is 0. The van der Waals surface area contributed by atoms with Gasteiger partial charge in [0.15, 0.2) is 0 Å². The minimum absolute atomic E-state index is 0.299. The number of rotatable bonds is 6. The van der Waals surface area contributed by atoms with E-state index in [1.165, 1.54) is 19.3 Å². The predicted octanol–water partition coefficient (Wildman–Crippen LogP) is 2.39. The molecule has 4 atom stereocenters. The Morgan fingerprint density at radius 3 is 2.36 bits per heavy atom. The summed E-state index contributed by atoms with van der Waals surface area (Å²) in [7, 11) is -3.36. The smallest absolute Gasteiger partial charge is 0.279 e. The maximum Gasteiger partial charge on any atom is 0.279 e. The minimum atomic E-state index is -3.36. The van der Waals surface area contributed by atoms with E-state index >= 15 is 0 Å². The molecule has 1 saturated heterocycles. The quantitative estimate of drug-likeness (QED) is 0.760. The lowest BCUT2D eigenvalue weighted by Gasteiger charge is -2.34. The normalized spacial score (nSPS) is 34.7. The van der Waals surface area contributed by atoms with E-state index < -0.39 is 10.2 Å². The van der Waals surface area contributed by atoms with Gasteiger partial charge >= 0.3 is 0 Å². The molecule has 0 radical (unpaired) electrons. The van der Waals surface area contributed by atoms with Gasteiger partial charge in [0.05, 0.1) is 12.7 Å². The first-order valence-electron chi connectivity index (χ1n) is 8.75. The minimum Gasteiger partial charge on any atom is -0.377 e. The van der Waals surface area contributed by atoms with Crippen LogP contribution in [0.2, 0.25) is 0 Å². The molecule has 5 nitrogen and oxygen atoms in total. The summed E-state index contributed by atoms with van der Waals surface area (Å²) in [5.41, 5.74) is 0. The van der Waals surface area contributed by atoms with Gasteiger partial charge in [-0.2, -0.15) is 17.4 Å². The van der Waals surface area contributed by atoms with Crippen molar-refractivity contribution in [2.24, 2.45) is 17.8 Å². The summed E-state index contributed by atoms with van der Waals surface area (Å²) in [6.07, 6.45) is 6.25. The molecule has 6 heteroatoms. The van der Waals surface area contributed by atoms with Gasteiger partial charge in [-0.1, -0.05) is 33.6 Å². The Balaban J connectivity index is 1.73. The number of hydrogen-bond acceptors (Lipinski definition) is 3. The largest absolute Gasteiger partial charge is 0.377 e. The van der Waals surface area contributed by atoms with E-state index in [0.29, 0.717) is 50.1 Å². The summed E-state index contributed by atoms with van der Waals surface area (Å²) in [6.45, 7) is 8.54. The van der Waals surface area contributed by atoms with Gasteiger partial charge in [-0.15, -0.1) is 0 Å². The first kappa shape index (κ1) is 18.2. The number of nitrogens with zero attached hydrogens (tertiary/aromatic N) is 1. The van der Waals surface area contributed by atoms with Gasteiger partial charge in [-0.3, -0.25) is 0 Å². The second-order valence-electron chi connectivity index (χ2n) is 7.33. The SMILES string of the molecule is C[C@@H]1C[C@H](C)CN(S(=O)(=O)NCCO[C@H]2CCCC[C@H]2C)C1. The fourth-order valence-corrected chi connectivity index (χ4v) is 5.23. The van der Waals surface area contributed by atoms with Gasteiger partial charge in [0, 0.05) is 19.6 Å². The molecule has 2 rings (SSSR count). The van der Waals surface area contributed by atoms with E-state index in [0.717, 1.165) is 12.8 Å². The standard InChI is InChI=1S/C16H32N2O3S/c1-13-10-14(2)12-18(11-13)22(19,20)17-8-9-21-16-7-5-4-6-15(16)3/h13-17H,4-12H2,1-3H3/t13-,14+,15-,16+/m1/s1. The van der Waals surface area contributed by atoms with Crippen molar-refractivity contribution in [1.82, 2.24) is 9.03 Å². The Morgan fingerprint density at radius 2 is 1.73 bits per heavy atom. The van der Waals surface area contributed by atoms with Crippen molar-refractivity contribution in [1.29, 1.82) is 0 Å². The van der Waals surface area contributed by atoms with Gasteiger partial charge in [-0.25, -0.2) is 0 Å². The number of piperidine rings is 1. The fraction of sp³-hybridized carbons (Fsp3) is 1.00. The third-order valence-corrected chi connectivity index (χ3v) is 6.47. The summed E-state index contributed by atoms with van der Waals surface area (Å²) in [4.78, 5) is 0. The van der Waals surface area contributed by atoms with Crippen LogP contribution in [0.5, 0.6) is 0 Å². The zero-order valence-corrected chi connectivity index (χ0v) is 15.1. The zero-order valence-electron chi connectivity index (χ0n) is 14.3. The predicted molar refractivity (Wildman–Crippen MR) is 88.8 cm³/mol. The second-order valence-corrected chi connectivity index (χ2v) is 9.09. The van der Waals surface area contributed by atoms with Crippen LogP contribution in [-0.2, 0) is 14.9 Å². The Kier molecular flexibility index (Phi) is 6.68. The summed E-state index contributed by atoms with van der Waals surface area (Å²) >= 11 is 0. The molecule has 1 saturated carbocycles. The van der Waals surface area contributed by atoms with Crippen LogP contribution >= 0.6 is 0 Å². The highest BCUT2D eigenvalue weighted by atomic mass is 32.2. The van der Waals surface area contributed by atoms with Crippen LogP contribution in [0.1, 0.15) is 52.9 Å². The molecule has 2 aliphatic rings. The molecule has 1 aliphatic carbocycles. The molecule has 130 valence electrons. The summed E-state index contributed by atoms with van der Waals surface area (Å²) in [5.74, 6) is 1.45. The van der Waals surface area contributed by atoms with Crippen molar-refractivity contribution in [3.05, 3.63) is 0 Å². The molecule has 0 spiro atoms. The van der Waals surface area contributed by atoms with Crippen LogP contribution in [0.4, 0.5) is 0 Å². The van der Waals surface area contributed by atoms with E-state index in [9.17, 15) is 8.42 Å². The highest BCUT2D eigenvalue weighted by molar-refractivity contribution is 7.87. The molecule has 1 N–H and O–H groups in total. The molecule has 0 aromatic rings. The molecular formula is C16H32N2O3S. The fourth-order valence-electron chi connectivity index (χ4n) is 3.80. The first-order chi connectivity index (χ1) is 10.4. The van der Waals surface area contributed by atoms with Crippen LogP contribution in [0, 0.1) is 17.8 Å². The van der Waals surface area contributed by atoms with E-state index in [-0.39, 0.29) is 0 Å². The second kappa shape index (κ2) is 8.08. The van der Waals surface area contributed by atoms with E-state index in [1.54, 1.807) is 4.31 Å². The lowest BCUT2D eigenvalue weighted by molar-refractivity contribution is -0.00189. The highest BCUT2D eigenvalue weighted by Gasteiger charge is 2.30. The van der Waals surface area contributed by atoms with Gasteiger partial charge in [0.25, 0.3) is 10.2 Å². The zero-order chi connectivity index (χ0) is 16.2. The Morgan fingerprint density at radius 1 is 1.09 bits per heavy atom. The molecule has 0 aromatic carbocycles. The number of ether oxygens (including phenoxy) is 1. The van der Waals surface area contributed by atoms with Crippen LogP contribution < -0.4 is 4.72 Å². The molecule has 0 aromatic heterocycles. The molecule has 1 aliphatic heterocycles. The Bertz CT molecular complexity index is 431. The lowest BCUT2D eigenvalue weighted by Crippen LogP contribution is -2.48. The van der Waals surface area contributed by atoms with Crippen LogP contribution in [0.3, 0.4) is 0 Å². The van der Waals surface area contributed by atoms with E-state index in [2.05, 4.69) is 25.5 Å². The van der Waals surface area contributed by atoms with Crippen molar-refractivity contribution in [2.75, 3.05) is 26.2 Å². The van der Waals surface area contributed by atoms with Gasteiger partial charge < -0.3 is 4.74 Å². The number of nitrogens with one attached hydrogen (secondary N) is 1. The van der Waals surface area contributed by atoms with Crippen molar-refractivity contribution < 1.29 is 13.2 Å².